The minimum atomic E-state index is -0.401. The van der Waals surface area contributed by atoms with Gasteiger partial charge in [-0.1, -0.05) is 48.5 Å². The van der Waals surface area contributed by atoms with Crippen LogP contribution in [0.5, 0.6) is 23.0 Å². The van der Waals surface area contributed by atoms with Gasteiger partial charge in [-0.3, -0.25) is 20.2 Å². The van der Waals surface area contributed by atoms with Gasteiger partial charge in [-0.2, -0.15) is 0 Å². The molecule has 6 heterocycles. The second-order valence-electron chi connectivity index (χ2n) is 13.1. The zero-order chi connectivity index (χ0) is 35.3. The molecule has 4 aliphatic heterocycles. The smallest absolute Gasteiger partial charge is 0.323 e. The van der Waals surface area contributed by atoms with E-state index in [0.717, 1.165) is 78.4 Å². The number of rotatable bonds is 4. The SMILES string of the molecule is COC(=O)C1Cc2c([nH]c3ccccc23)C(c2ccc3c(c2)OCO3)N1.COC(=O)[C@H]1Cc2c([nH]c3ccccc23)[C@@H](c2ccc3c(c2)OCO3)N1. The van der Waals surface area contributed by atoms with Crippen molar-refractivity contribution in [3.05, 3.63) is 119 Å². The number of aromatic nitrogens is 2. The predicted molar refractivity (Wildman–Crippen MR) is 191 cm³/mol. The van der Waals surface area contributed by atoms with E-state index in [2.05, 4.69) is 44.9 Å². The van der Waals surface area contributed by atoms with Crippen molar-refractivity contribution in [1.29, 1.82) is 0 Å². The van der Waals surface area contributed by atoms with Gasteiger partial charge in [-0.05, 0) is 58.7 Å². The summed E-state index contributed by atoms with van der Waals surface area (Å²) in [4.78, 5) is 31.6. The zero-order valence-corrected chi connectivity index (χ0v) is 28.5. The van der Waals surface area contributed by atoms with Gasteiger partial charge in [0.25, 0.3) is 0 Å². The maximum Gasteiger partial charge on any atom is 0.323 e. The second kappa shape index (κ2) is 13.0. The first kappa shape index (κ1) is 32.0. The van der Waals surface area contributed by atoms with Gasteiger partial charge >= 0.3 is 11.9 Å². The molecule has 12 nitrogen and oxygen atoms in total. The minimum Gasteiger partial charge on any atom is -0.468 e. The highest BCUT2D eigenvalue weighted by Gasteiger charge is 2.36. The highest BCUT2D eigenvalue weighted by molar-refractivity contribution is 5.88. The van der Waals surface area contributed by atoms with E-state index >= 15 is 0 Å². The highest BCUT2D eigenvalue weighted by atomic mass is 16.7. The van der Waals surface area contributed by atoms with E-state index < -0.39 is 12.1 Å². The number of carbonyl (C=O) groups excluding carboxylic acids is 2. The number of hydrogen-bond donors (Lipinski definition) is 4. The Labute approximate surface area is 298 Å². The summed E-state index contributed by atoms with van der Waals surface area (Å²) in [7, 11) is 2.84. The number of methoxy groups -OCH3 is 2. The number of fused-ring (bicyclic) bond motifs is 8. The summed E-state index contributed by atoms with van der Waals surface area (Å²) in [6.07, 6.45) is 1.18. The van der Waals surface area contributed by atoms with E-state index in [9.17, 15) is 9.59 Å². The van der Waals surface area contributed by atoms with Crippen LogP contribution in [0.2, 0.25) is 0 Å². The lowest BCUT2D eigenvalue weighted by Gasteiger charge is -2.30. The molecule has 52 heavy (non-hydrogen) atoms. The van der Waals surface area contributed by atoms with Crippen molar-refractivity contribution in [1.82, 2.24) is 20.6 Å². The molecule has 0 spiro atoms. The first-order chi connectivity index (χ1) is 25.5. The molecule has 0 fully saturated rings. The Morgan fingerprint density at radius 1 is 0.577 bits per heavy atom. The fourth-order valence-electron chi connectivity index (χ4n) is 7.77. The maximum atomic E-state index is 12.3. The van der Waals surface area contributed by atoms with Crippen LogP contribution in [-0.2, 0) is 31.9 Å². The molecular formula is C40H36N4O8. The Kier molecular flexibility index (Phi) is 7.97. The van der Waals surface area contributed by atoms with Crippen LogP contribution in [0, 0.1) is 0 Å². The summed E-state index contributed by atoms with van der Waals surface area (Å²) < 4.78 is 31.9. The van der Waals surface area contributed by atoms with Crippen LogP contribution in [0.4, 0.5) is 0 Å². The van der Waals surface area contributed by atoms with Crippen molar-refractivity contribution in [2.24, 2.45) is 0 Å². The number of aromatic amines is 2. The number of hydrogen-bond acceptors (Lipinski definition) is 10. The van der Waals surface area contributed by atoms with Gasteiger partial charge in [0.15, 0.2) is 23.0 Å². The topological polar surface area (TPSA) is 145 Å². The molecule has 0 aliphatic carbocycles. The molecule has 10 rings (SSSR count). The van der Waals surface area contributed by atoms with Gasteiger partial charge in [0.2, 0.25) is 13.6 Å². The lowest BCUT2D eigenvalue weighted by Crippen LogP contribution is -2.45. The molecule has 0 saturated heterocycles. The number of H-pyrrole nitrogens is 2. The molecule has 2 unspecified atom stereocenters. The van der Waals surface area contributed by atoms with Gasteiger partial charge in [-0.15, -0.1) is 0 Å². The molecule has 4 atom stereocenters. The number of para-hydroxylation sites is 2. The molecule has 6 aromatic rings. The largest absolute Gasteiger partial charge is 0.468 e. The Hall–Kier alpha value is -5.98. The molecule has 4 N–H and O–H groups in total. The maximum absolute atomic E-state index is 12.3. The summed E-state index contributed by atoms with van der Waals surface area (Å²) in [5, 5.41) is 9.14. The average Bonchev–Trinajstić information content (AvgIpc) is 4.00. The molecule has 264 valence electrons. The van der Waals surface area contributed by atoms with E-state index in [1.807, 2.05) is 60.7 Å². The summed E-state index contributed by atoms with van der Waals surface area (Å²) in [5.74, 6) is 2.42. The van der Waals surface area contributed by atoms with Gasteiger partial charge in [0.05, 0.1) is 26.3 Å². The van der Waals surface area contributed by atoms with Gasteiger partial charge < -0.3 is 38.4 Å². The molecule has 12 heteroatoms. The van der Waals surface area contributed by atoms with Crippen LogP contribution in [-0.4, -0.2) is 61.8 Å². The van der Waals surface area contributed by atoms with Crippen molar-refractivity contribution in [3.63, 3.8) is 0 Å². The second-order valence-corrected chi connectivity index (χ2v) is 13.1. The van der Waals surface area contributed by atoms with E-state index in [0.29, 0.717) is 12.8 Å². The van der Waals surface area contributed by atoms with Crippen molar-refractivity contribution in [2.75, 3.05) is 27.8 Å². The zero-order valence-electron chi connectivity index (χ0n) is 28.5. The van der Waals surface area contributed by atoms with Crippen molar-refractivity contribution < 1.29 is 38.0 Å². The van der Waals surface area contributed by atoms with Crippen molar-refractivity contribution >= 4 is 33.7 Å². The van der Waals surface area contributed by atoms with E-state index in [4.69, 9.17) is 28.4 Å². The van der Waals surface area contributed by atoms with Crippen LogP contribution in [0.3, 0.4) is 0 Å². The number of ether oxygens (including phenoxy) is 6. The molecule has 0 radical (unpaired) electrons. The van der Waals surface area contributed by atoms with Crippen LogP contribution < -0.4 is 29.6 Å². The number of carbonyl (C=O) groups is 2. The Bertz CT molecular complexity index is 2180. The molecule has 0 saturated carbocycles. The third-order valence-corrected chi connectivity index (χ3v) is 10.3. The number of esters is 2. The Morgan fingerprint density at radius 2 is 1.00 bits per heavy atom. The van der Waals surface area contributed by atoms with E-state index in [-0.39, 0.29) is 37.6 Å². The fourth-order valence-corrected chi connectivity index (χ4v) is 7.77. The third-order valence-electron chi connectivity index (χ3n) is 10.3. The standard InChI is InChI=1S/2C20H18N2O4/c2*1-24-20(23)15-9-13-12-4-2-3-5-14(12)21-19(13)18(22-15)11-6-7-16-17(8-11)26-10-25-16/h2*2-8,15,18,21-22H,9-10H2,1H3/t15-,18-;/m1./s1. The molecule has 0 bridgehead atoms. The third kappa shape index (κ3) is 5.47. The molecular weight excluding hydrogens is 664 g/mol. The van der Waals surface area contributed by atoms with Gasteiger partial charge in [0, 0.05) is 46.0 Å². The van der Waals surface area contributed by atoms with E-state index in [1.54, 1.807) is 0 Å². The Balaban J connectivity index is 0.000000138. The van der Waals surface area contributed by atoms with Gasteiger partial charge in [0.1, 0.15) is 12.1 Å². The summed E-state index contributed by atoms with van der Waals surface area (Å²) >= 11 is 0. The van der Waals surface area contributed by atoms with Crippen molar-refractivity contribution in [2.45, 2.75) is 37.0 Å². The first-order valence-corrected chi connectivity index (χ1v) is 17.1. The summed E-state index contributed by atoms with van der Waals surface area (Å²) in [6.45, 7) is 0.471. The van der Waals surface area contributed by atoms with Crippen molar-refractivity contribution in [3.8, 4) is 23.0 Å². The molecule has 2 aromatic heterocycles. The van der Waals surface area contributed by atoms with Crippen LogP contribution in [0.25, 0.3) is 21.8 Å². The van der Waals surface area contributed by atoms with Crippen LogP contribution >= 0.6 is 0 Å². The van der Waals surface area contributed by atoms with Gasteiger partial charge in [-0.25, -0.2) is 0 Å². The predicted octanol–water partition coefficient (Wildman–Crippen LogP) is 5.35. The summed E-state index contributed by atoms with van der Waals surface area (Å²) in [5.41, 5.74) is 8.60. The summed E-state index contributed by atoms with van der Waals surface area (Å²) in [6, 6.07) is 26.9. The highest BCUT2D eigenvalue weighted by Crippen LogP contribution is 2.41. The number of benzene rings is 4. The number of nitrogens with one attached hydrogen (secondary N) is 4. The monoisotopic (exact) mass is 700 g/mol. The van der Waals surface area contributed by atoms with Crippen LogP contribution in [0.15, 0.2) is 84.9 Å². The normalized spacial score (nSPS) is 20.8. The molecule has 0 amide bonds. The average molecular weight is 701 g/mol. The Morgan fingerprint density at radius 3 is 1.44 bits per heavy atom. The molecule has 4 aliphatic rings. The quantitative estimate of drug-likeness (QED) is 0.178. The molecule has 4 aromatic carbocycles. The lowest BCUT2D eigenvalue weighted by atomic mass is 9.90. The van der Waals surface area contributed by atoms with Crippen LogP contribution in [0.1, 0.15) is 45.7 Å². The van der Waals surface area contributed by atoms with E-state index in [1.165, 1.54) is 14.2 Å². The fraction of sp³-hybridized carbons (Fsp3) is 0.250. The minimum absolute atomic E-state index is 0.162. The first-order valence-electron chi connectivity index (χ1n) is 17.1. The lowest BCUT2D eigenvalue weighted by molar-refractivity contribution is -0.144.